The largest absolute Gasteiger partial charge is 0.353 e. The van der Waals surface area contributed by atoms with Crippen LogP contribution in [0.5, 0.6) is 0 Å². The summed E-state index contributed by atoms with van der Waals surface area (Å²) >= 11 is 0. The molecule has 7 heteroatoms. The minimum absolute atomic E-state index is 0.753. The SMILES string of the molecule is Cc1cc(N2CCN(c3nccc(-c4ccccn4)n3)CC2)nc(C)n1. The highest BCUT2D eigenvalue weighted by Crippen LogP contribution is 2.20. The van der Waals surface area contributed by atoms with Crippen LogP contribution in [-0.4, -0.2) is 51.1 Å². The van der Waals surface area contributed by atoms with Crippen LogP contribution >= 0.6 is 0 Å². The molecule has 4 heterocycles. The van der Waals surface area contributed by atoms with E-state index in [-0.39, 0.29) is 0 Å². The van der Waals surface area contributed by atoms with E-state index in [0.717, 1.165) is 60.9 Å². The van der Waals surface area contributed by atoms with Crippen LogP contribution in [0.25, 0.3) is 11.4 Å². The third-order valence-corrected chi connectivity index (χ3v) is 4.41. The summed E-state index contributed by atoms with van der Waals surface area (Å²) in [5.74, 6) is 2.56. The highest BCUT2D eigenvalue weighted by molar-refractivity contribution is 5.55. The van der Waals surface area contributed by atoms with Crippen LogP contribution in [0.1, 0.15) is 11.5 Å². The molecule has 0 aromatic carbocycles. The van der Waals surface area contributed by atoms with E-state index in [9.17, 15) is 0 Å². The molecular formula is C19H21N7. The number of pyridine rings is 1. The fourth-order valence-electron chi connectivity index (χ4n) is 3.15. The first-order valence-corrected chi connectivity index (χ1v) is 8.76. The molecule has 0 amide bonds. The molecule has 0 spiro atoms. The first-order chi connectivity index (χ1) is 12.7. The number of rotatable bonds is 3. The maximum absolute atomic E-state index is 4.70. The maximum atomic E-state index is 4.70. The molecule has 0 bridgehead atoms. The van der Waals surface area contributed by atoms with E-state index in [1.54, 1.807) is 12.4 Å². The summed E-state index contributed by atoms with van der Waals surface area (Å²) in [6.07, 6.45) is 3.58. The highest BCUT2D eigenvalue weighted by atomic mass is 15.3. The van der Waals surface area contributed by atoms with E-state index in [1.165, 1.54) is 0 Å². The molecule has 0 N–H and O–H groups in total. The Balaban J connectivity index is 1.48. The Labute approximate surface area is 152 Å². The predicted molar refractivity (Wildman–Crippen MR) is 101 cm³/mol. The zero-order chi connectivity index (χ0) is 17.9. The van der Waals surface area contributed by atoms with Crippen molar-refractivity contribution in [3.05, 3.63) is 54.2 Å². The molecule has 3 aromatic heterocycles. The van der Waals surface area contributed by atoms with Crippen molar-refractivity contribution >= 4 is 11.8 Å². The molecule has 132 valence electrons. The van der Waals surface area contributed by atoms with Crippen LogP contribution < -0.4 is 9.80 Å². The van der Waals surface area contributed by atoms with Gasteiger partial charge in [-0.2, -0.15) is 0 Å². The fourth-order valence-corrected chi connectivity index (χ4v) is 3.15. The second-order valence-corrected chi connectivity index (χ2v) is 6.35. The van der Waals surface area contributed by atoms with Crippen LogP contribution in [0.2, 0.25) is 0 Å². The van der Waals surface area contributed by atoms with E-state index < -0.39 is 0 Å². The summed E-state index contributed by atoms with van der Waals surface area (Å²) in [6, 6.07) is 9.77. The molecule has 0 unspecified atom stereocenters. The van der Waals surface area contributed by atoms with Crippen molar-refractivity contribution < 1.29 is 0 Å². The molecule has 1 fully saturated rings. The van der Waals surface area contributed by atoms with Crippen LogP contribution in [0.15, 0.2) is 42.7 Å². The molecule has 3 aromatic rings. The fraction of sp³-hybridized carbons (Fsp3) is 0.316. The molecule has 0 saturated carbocycles. The lowest BCUT2D eigenvalue weighted by atomic mass is 10.2. The number of aryl methyl sites for hydroxylation is 2. The third-order valence-electron chi connectivity index (χ3n) is 4.41. The van der Waals surface area contributed by atoms with Gasteiger partial charge in [0.15, 0.2) is 0 Å². The minimum Gasteiger partial charge on any atom is -0.353 e. The first kappa shape index (κ1) is 16.4. The van der Waals surface area contributed by atoms with Crippen molar-refractivity contribution in [3.8, 4) is 11.4 Å². The van der Waals surface area contributed by atoms with Gasteiger partial charge in [-0.15, -0.1) is 0 Å². The average Bonchev–Trinajstić information content (AvgIpc) is 2.68. The van der Waals surface area contributed by atoms with E-state index in [4.69, 9.17) is 4.98 Å². The lowest BCUT2D eigenvalue weighted by molar-refractivity contribution is 0.633. The molecular weight excluding hydrogens is 326 g/mol. The summed E-state index contributed by atoms with van der Waals surface area (Å²) in [4.78, 5) is 27.0. The molecule has 0 radical (unpaired) electrons. The Morgan fingerprint density at radius 1 is 0.769 bits per heavy atom. The Morgan fingerprint density at radius 2 is 1.58 bits per heavy atom. The predicted octanol–water partition coefficient (Wildman–Crippen LogP) is 2.27. The van der Waals surface area contributed by atoms with Crippen LogP contribution in [0, 0.1) is 13.8 Å². The third kappa shape index (κ3) is 3.46. The molecule has 1 saturated heterocycles. The van der Waals surface area contributed by atoms with Crippen molar-refractivity contribution in [3.63, 3.8) is 0 Å². The van der Waals surface area contributed by atoms with Gasteiger partial charge in [-0.25, -0.2) is 19.9 Å². The quantitative estimate of drug-likeness (QED) is 0.720. The van der Waals surface area contributed by atoms with Crippen LogP contribution in [0.3, 0.4) is 0 Å². The summed E-state index contributed by atoms with van der Waals surface area (Å²) in [5.41, 5.74) is 2.71. The Morgan fingerprint density at radius 3 is 2.31 bits per heavy atom. The second-order valence-electron chi connectivity index (χ2n) is 6.35. The lowest BCUT2D eigenvalue weighted by Gasteiger charge is -2.35. The van der Waals surface area contributed by atoms with Gasteiger partial charge in [0.05, 0.1) is 11.4 Å². The smallest absolute Gasteiger partial charge is 0.226 e. The molecule has 0 aliphatic carbocycles. The van der Waals surface area contributed by atoms with E-state index in [1.807, 2.05) is 44.2 Å². The van der Waals surface area contributed by atoms with Gasteiger partial charge < -0.3 is 9.80 Å². The van der Waals surface area contributed by atoms with Crippen molar-refractivity contribution in [1.82, 2.24) is 24.9 Å². The van der Waals surface area contributed by atoms with Crippen LogP contribution in [-0.2, 0) is 0 Å². The molecule has 26 heavy (non-hydrogen) atoms. The zero-order valence-electron chi connectivity index (χ0n) is 15.0. The topological polar surface area (TPSA) is 70.9 Å². The summed E-state index contributed by atoms with van der Waals surface area (Å²) in [5, 5.41) is 0. The van der Waals surface area contributed by atoms with Crippen molar-refractivity contribution in [1.29, 1.82) is 0 Å². The van der Waals surface area contributed by atoms with Crippen molar-refractivity contribution in [2.75, 3.05) is 36.0 Å². The van der Waals surface area contributed by atoms with Crippen molar-refractivity contribution in [2.24, 2.45) is 0 Å². The number of anilines is 2. The van der Waals surface area contributed by atoms with Crippen molar-refractivity contribution in [2.45, 2.75) is 13.8 Å². The van der Waals surface area contributed by atoms with Gasteiger partial charge >= 0.3 is 0 Å². The highest BCUT2D eigenvalue weighted by Gasteiger charge is 2.21. The van der Waals surface area contributed by atoms with Gasteiger partial charge in [-0.1, -0.05) is 6.07 Å². The Hall–Kier alpha value is -3.09. The van der Waals surface area contributed by atoms with Gasteiger partial charge in [0.25, 0.3) is 0 Å². The first-order valence-electron chi connectivity index (χ1n) is 8.76. The molecule has 0 atom stereocenters. The summed E-state index contributed by atoms with van der Waals surface area (Å²) in [7, 11) is 0. The number of hydrogen-bond acceptors (Lipinski definition) is 7. The van der Waals surface area contributed by atoms with Gasteiger partial charge in [0.1, 0.15) is 11.6 Å². The van der Waals surface area contributed by atoms with E-state index in [2.05, 4.69) is 29.7 Å². The van der Waals surface area contributed by atoms with Gasteiger partial charge in [0, 0.05) is 50.3 Å². The molecule has 7 nitrogen and oxygen atoms in total. The van der Waals surface area contributed by atoms with Crippen LogP contribution in [0.4, 0.5) is 11.8 Å². The van der Waals surface area contributed by atoms with Gasteiger partial charge in [-0.05, 0) is 32.0 Å². The van der Waals surface area contributed by atoms with Gasteiger partial charge in [-0.3, -0.25) is 4.98 Å². The lowest BCUT2D eigenvalue weighted by Crippen LogP contribution is -2.47. The second kappa shape index (κ2) is 7.03. The standard InChI is InChI=1S/C19H21N7/c1-14-13-18(23-15(2)22-14)25-9-11-26(12-10-25)19-21-8-6-17(24-19)16-5-3-4-7-20-16/h3-8,13H,9-12H2,1-2H3. The zero-order valence-corrected chi connectivity index (χ0v) is 15.0. The summed E-state index contributed by atoms with van der Waals surface area (Å²) in [6.45, 7) is 7.41. The number of hydrogen-bond donors (Lipinski definition) is 0. The molecule has 4 rings (SSSR count). The van der Waals surface area contributed by atoms with E-state index in [0.29, 0.717) is 0 Å². The number of aromatic nitrogens is 5. The Kier molecular flexibility index (Phi) is 4.43. The maximum Gasteiger partial charge on any atom is 0.226 e. The monoisotopic (exact) mass is 347 g/mol. The van der Waals surface area contributed by atoms with E-state index >= 15 is 0 Å². The Bertz CT molecular complexity index is 869. The number of nitrogens with zero attached hydrogens (tertiary/aromatic N) is 7. The normalized spacial score (nSPS) is 14.5. The minimum atomic E-state index is 0.753. The molecule has 1 aliphatic heterocycles. The summed E-state index contributed by atoms with van der Waals surface area (Å²) < 4.78 is 0. The number of piperazine rings is 1. The molecule has 1 aliphatic rings. The van der Waals surface area contributed by atoms with Gasteiger partial charge in [0.2, 0.25) is 5.95 Å². The average molecular weight is 347 g/mol.